The molecule has 0 saturated carbocycles. The average Bonchev–Trinajstić information content (AvgIpc) is 2.82. The van der Waals surface area contributed by atoms with Crippen LogP contribution in [0, 0.1) is 13.8 Å². The van der Waals surface area contributed by atoms with Crippen molar-refractivity contribution in [1.82, 2.24) is 10.2 Å². The van der Waals surface area contributed by atoms with Gasteiger partial charge >= 0.3 is 5.97 Å². The van der Waals surface area contributed by atoms with Crippen molar-refractivity contribution in [2.24, 2.45) is 0 Å². The van der Waals surface area contributed by atoms with E-state index in [2.05, 4.69) is 16.3 Å². The summed E-state index contributed by atoms with van der Waals surface area (Å²) in [6.07, 6.45) is 2.15. The number of nitrogens with zero attached hydrogens (tertiary/aromatic N) is 2. The van der Waals surface area contributed by atoms with E-state index in [1.807, 2.05) is 26.0 Å². The first kappa shape index (κ1) is 14.2. The molecule has 0 atom stereocenters. The number of hydrogen-bond donors (Lipinski definition) is 1. The molecule has 0 amide bonds. The Morgan fingerprint density at radius 1 is 1.15 bits per heavy atom. The first-order valence-electron chi connectivity index (χ1n) is 6.67. The minimum atomic E-state index is -0.772. The Kier molecular flexibility index (Phi) is 4.50. The number of carboxylic acid groups (broad SMARTS) is 1. The number of aliphatic carboxylic acids is 1. The molecule has 5 heteroatoms. The molecule has 1 aromatic carbocycles. The normalized spacial score (nSPS) is 10.7. The van der Waals surface area contributed by atoms with E-state index >= 15 is 0 Å². The van der Waals surface area contributed by atoms with Gasteiger partial charge in [-0.05, 0) is 38.8 Å². The molecule has 5 nitrogen and oxygen atoms in total. The van der Waals surface area contributed by atoms with Crippen molar-refractivity contribution in [1.29, 1.82) is 0 Å². The maximum atomic E-state index is 10.4. The lowest BCUT2D eigenvalue weighted by Crippen LogP contribution is -1.95. The average molecular weight is 274 g/mol. The van der Waals surface area contributed by atoms with Crippen molar-refractivity contribution in [2.75, 3.05) is 0 Å². The molecule has 1 aromatic heterocycles. The highest BCUT2D eigenvalue weighted by Crippen LogP contribution is 2.21. The van der Waals surface area contributed by atoms with Gasteiger partial charge in [-0.1, -0.05) is 17.2 Å². The van der Waals surface area contributed by atoms with E-state index in [1.54, 1.807) is 0 Å². The monoisotopic (exact) mass is 274 g/mol. The Morgan fingerprint density at radius 3 is 2.50 bits per heavy atom. The fraction of sp³-hybridized carbons (Fsp3) is 0.400. The molecule has 1 N–H and O–H groups in total. The summed E-state index contributed by atoms with van der Waals surface area (Å²) in [5, 5.41) is 16.6. The topological polar surface area (TPSA) is 76.2 Å². The molecule has 0 bridgehead atoms. The molecule has 0 aliphatic rings. The summed E-state index contributed by atoms with van der Waals surface area (Å²) in [5.74, 6) is 0.307. The fourth-order valence-electron chi connectivity index (χ4n) is 2.12. The van der Waals surface area contributed by atoms with E-state index < -0.39 is 5.97 Å². The van der Waals surface area contributed by atoms with Gasteiger partial charge in [-0.2, -0.15) is 0 Å². The van der Waals surface area contributed by atoms with Crippen molar-refractivity contribution in [3.05, 3.63) is 35.2 Å². The zero-order valence-electron chi connectivity index (χ0n) is 11.7. The molecule has 2 aromatic rings. The van der Waals surface area contributed by atoms with Crippen molar-refractivity contribution in [3.63, 3.8) is 0 Å². The zero-order valence-corrected chi connectivity index (χ0v) is 11.7. The van der Waals surface area contributed by atoms with Crippen LogP contribution in [0.5, 0.6) is 0 Å². The van der Waals surface area contributed by atoms with Gasteiger partial charge in [0.2, 0.25) is 11.8 Å². The second-order valence-corrected chi connectivity index (χ2v) is 4.98. The number of rotatable bonds is 6. The molecule has 106 valence electrons. The maximum absolute atomic E-state index is 10.4. The lowest BCUT2D eigenvalue weighted by Gasteiger charge is -2.00. The number of aromatic nitrogens is 2. The number of aryl methyl sites for hydroxylation is 3. The van der Waals surface area contributed by atoms with Crippen LogP contribution in [0.1, 0.15) is 36.3 Å². The van der Waals surface area contributed by atoms with Crippen LogP contribution in [-0.4, -0.2) is 21.3 Å². The molecule has 20 heavy (non-hydrogen) atoms. The van der Waals surface area contributed by atoms with Gasteiger partial charge in [0, 0.05) is 18.4 Å². The lowest BCUT2D eigenvalue weighted by molar-refractivity contribution is -0.137. The molecule has 0 aliphatic carbocycles. The van der Waals surface area contributed by atoms with Gasteiger partial charge in [-0.15, -0.1) is 10.2 Å². The standard InChI is InChI=1S/C15H18N2O3/c1-10-7-11(2)9-12(8-10)15-17-16-13(20-15)5-3-4-6-14(18)19/h7-9H,3-6H2,1-2H3,(H,18,19). The van der Waals surface area contributed by atoms with Crippen LogP contribution < -0.4 is 0 Å². The summed E-state index contributed by atoms with van der Waals surface area (Å²) in [5.41, 5.74) is 3.23. The van der Waals surface area contributed by atoms with Gasteiger partial charge in [-0.25, -0.2) is 0 Å². The molecule has 1 heterocycles. The highest BCUT2D eigenvalue weighted by Gasteiger charge is 2.09. The van der Waals surface area contributed by atoms with E-state index in [9.17, 15) is 4.79 Å². The quantitative estimate of drug-likeness (QED) is 0.819. The Morgan fingerprint density at radius 2 is 1.85 bits per heavy atom. The smallest absolute Gasteiger partial charge is 0.303 e. The van der Waals surface area contributed by atoms with E-state index in [1.165, 1.54) is 0 Å². The molecule has 0 unspecified atom stereocenters. The number of benzene rings is 1. The summed E-state index contributed by atoms with van der Waals surface area (Å²) >= 11 is 0. The van der Waals surface area contributed by atoms with Crippen molar-refractivity contribution < 1.29 is 14.3 Å². The Bertz CT molecular complexity index is 585. The van der Waals surface area contributed by atoms with Gasteiger partial charge < -0.3 is 9.52 Å². The summed E-state index contributed by atoms with van der Waals surface area (Å²) in [6.45, 7) is 4.05. The summed E-state index contributed by atoms with van der Waals surface area (Å²) in [7, 11) is 0. The van der Waals surface area contributed by atoms with Crippen LogP contribution in [0.25, 0.3) is 11.5 Å². The second kappa shape index (κ2) is 6.32. The van der Waals surface area contributed by atoms with E-state index in [0.29, 0.717) is 24.6 Å². The Hall–Kier alpha value is -2.17. The molecule has 2 rings (SSSR count). The first-order chi connectivity index (χ1) is 9.54. The largest absolute Gasteiger partial charge is 0.481 e. The van der Waals surface area contributed by atoms with Crippen LogP contribution in [0.2, 0.25) is 0 Å². The Balaban J connectivity index is 1.99. The summed E-state index contributed by atoms with van der Waals surface area (Å²) in [4.78, 5) is 10.4. The molecular formula is C15H18N2O3. The first-order valence-corrected chi connectivity index (χ1v) is 6.67. The van der Waals surface area contributed by atoms with E-state index in [4.69, 9.17) is 9.52 Å². The molecule has 0 saturated heterocycles. The predicted molar refractivity (Wildman–Crippen MR) is 74.4 cm³/mol. The third kappa shape index (κ3) is 3.91. The van der Waals surface area contributed by atoms with Crippen LogP contribution in [0.15, 0.2) is 22.6 Å². The molecular weight excluding hydrogens is 256 g/mol. The number of unbranched alkanes of at least 4 members (excludes halogenated alkanes) is 1. The highest BCUT2D eigenvalue weighted by atomic mass is 16.4. The summed E-state index contributed by atoms with van der Waals surface area (Å²) < 4.78 is 5.62. The third-order valence-electron chi connectivity index (χ3n) is 2.97. The predicted octanol–water partition coefficient (Wildman–Crippen LogP) is 3.15. The van der Waals surface area contributed by atoms with E-state index in [0.717, 1.165) is 23.1 Å². The van der Waals surface area contributed by atoms with Crippen molar-refractivity contribution in [3.8, 4) is 11.5 Å². The Labute approximate surface area is 117 Å². The zero-order chi connectivity index (χ0) is 14.5. The van der Waals surface area contributed by atoms with Crippen molar-refractivity contribution >= 4 is 5.97 Å². The van der Waals surface area contributed by atoms with Crippen molar-refractivity contribution in [2.45, 2.75) is 39.5 Å². The lowest BCUT2D eigenvalue weighted by atomic mass is 10.1. The van der Waals surface area contributed by atoms with Crippen LogP contribution in [0.3, 0.4) is 0 Å². The highest BCUT2D eigenvalue weighted by molar-refractivity contribution is 5.66. The maximum Gasteiger partial charge on any atom is 0.303 e. The number of carboxylic acids is 1. The van der Waals surface area contributed by atoms with Gasteiger partial charge in [-0.3, -0.25) is 4.79 Å². The van der Waals surface area contributed by atoms with E-state index in [-0.39, 0.29) is 6.42 Å². The van der Waals surface area contributed by atoms with Crippen LogP contribution in [-0.2, 0) is 11.2 Å². The minimum Gasteiger partial charge on any atom is -0.481 e. The van der Waals surface area contributed by atoms with Gasteiger partial charge in [0.1, 0.15) is 0 Å². The SMILES string of the molecule is Cc1cc(C)cc(-c2nnc(CCCCC(=O)O)o2)c1. The van der Waals surface area contributed by atoms with Crippen LogP contribution in [0.4, 0.5) is 0 Å². The minimum absolute atomic E-state index is 0.179. The number of carbonyl (C=O) groups is 1. The second-order valence-electron chi connectivity index (χ2n) is 4.98. The molecule has 0 fully saturated rings. The fourth-order valence-corrected chi connectivity index (χ4v) is 2.12. The number of hydrogen-bond acceptors (Lipinski definition) is 4. The summed E-state index contributed by atoms with van der Waals surface area (Å²) in [6, 6.07) is 6.11. The third-order valence-corrected chi connectivity index (χ3v) is 2.97. The molecule has 0 spiro atoms. The van der Waals surface area contributed by atoms with Crippen LogP contribution >= 0.6 is 0 Å². The van der Waals surface area contributed by atoms with Gasteiger partial charge in [0.15, 0.2) is 0 Å². The molecule has 0 radical (unpaired) electrons. The van der Waals surface area contributed by atoms with Gasteiger partial charge in [0.25, 0.3) is 0 Å². The molecule has 0 aliphatic heterocycles. The van der Waals surface area contributed by atoms with Gasteiger partial charge in [0.05, 0.1) is 0 Å².